The van der Waals surface area contributed by atoms with Crippen molar-refractivity contribution in [2.45, 2.75) is 52.1 Å². The Morgan fingerprint density at radius 2 is 1.84 bits per heavy atom. The minimum absolute atomic E-state index is 0.291. The average molecular weight is 283 g/mol. The lowest BCUT2D eigenvalue weighted by atomic mass is 10.0. The summed E-state index contributed by atoms with van der Waals surface area (Å²) < 4.78 is 0. The summed E-state index contributed by atoms with van der Waals surface area (Å²) in [6.45, 7) is 8.51. The van der Waals surface area contributed by atoms with Gasteiger partial charge >= 0.3 is 0 Å². The lowest BCUT2D eigenvalue weighted by Gasteiger charge is -2.36. The smallest absolute Gasteiger partial charge is 0.0473 e. The topological polar surface area (TPSA) is 29.3 Å². The Morgan fingerprint density at radius 3 is 2.32 bits per heavy atom. The van der Waals surface area contributed by atoms with E-state index in [1.807, 2.05) is 12.1 Å². The molecule has 0 spiro atoms. The molecule has 0 aliphatic carbocycles. The molecule has 0 amide bonds. The summed E-state index contributed by atoms with van der Waals surface area (Å²) in [4.78, 5) is 2.53. The maximum atomic E-state index is 6.03. The van der Waals surface area contributed by atoms with Gasteiger partial charge in [0.2, 0.25) is 0 Å². The second kappa shape index (κ2) is 8.57. The quantitative estimate of drug-likeness (QED) is 0.773. The predicted octanol–water partition coefficient (Wildman–Crippen LogP) is 4.24. The van der Waals surface area contributed by atoms with Crippen molar-refractivity contribution in [2.75, 3.05) is 13.1 Å². The molecule has 2 N–H and O–H groups in total. The first kappa shape index (κ1) is 16.5. The maximum absolute atomic E-state index is 6.03. The number of hydrogen-bond acceptors (Lipinski definition) is 2. The van der Waals surface area contributed by atoms with E-state index < -0.39 is 0 Å². The lowest BCUT2D eigenvalue weighted by molar-refractivity contribution is 0.141. The van der Waals surface area contributed by atoms with Crippen molar-refractivity contribution in [2.24, 2.45) is 5.73 Å². The van der Waals surface area contributed by atoms with Crippen LogP contribution in [-0.2, 0) is 0 Å². The molecule has 0 aromatic heterocycles. The van der Waals surface area contributed by atoms with Crippen LogP contribution in [0.2, 0.25) is 5.02 Å². The number of rotatable bonds is 8. The molecular formula is C16H27ClN2. The number of unbranched alkanes of at least 4 members (excludes halogenated alkanes) is 1. The van der Waals surface area contributed by atoms with Crippen molar-refractivity contribution < 1.29 is 0 Å². The van der Waals surface area contributed by atoms with Crippen LogP contribution in [-0.4, -0.2) is 24.0 Å². The summed E-state index contributed by atoms with van der Waals surface area (Å²) >= 11 is 5.97. The molecule has 0 aliphatic rings. The van der Waals surface area contributed by atoms with Gasteiger partial charge in [-0.3, -0.25) is 4.90 Å². The van der Waals surface area contributed by atoms with E-state index in [9.17, 15) is 0 Å². The normalized spacial score (nSPS) is 14.6. The van der Waals surface area contributed by atoms with Gasteiger partial charge in [0.05, 0.1) is 0 Å². The van der Waals surface area contributed by atoms with Crippen LogP contribution >= 0.6 is 11.6 Å². The van der Waals surface area contributed by atoms with Crippen molar-refractivity contribution in [1.29, 1.82) is 0 Å². The number of benzene rings is 1. The van der Waals surface area contributed by atoms with Crippen molar-refractivity contribution in [3.63, 3.8) is 0 Å². The standard InChI is InChI=1S/C16H27ClN2/c1-4-6-11-19(13(3)5-2)16(12-18)14-7-9-15(17)10-8-14/h7-10,13,16H,4-6,11-12,18H2,1-3H3. The Labute approximate surface area is 122 Å². The van der Waals surface area contributed by atoms with Gasteiger partial charge in [0, 0.05) is 23.7 Å². The number of halogens is 1. The molecule has 108 valence electrons. The van der Waals surface area contributed by atoms with E-state index in [-0.39, 0.29) is 0 Å². The molecule has 19 heavy (non-hydrogen) atoms. The second-order valence-corrected chi connectivity index (χ2v) is 5.59. The molecule has 2 atom stereocenters. The van der Waals surface area contributed by atoms with Crippen LogP contribution in [0, 0.1) is 0 Å². The third-order valence-electron chi connectivity index (χ3n) is 3.81. The predicted molar refractivity (Wildman–Crippen MR) is 84.6 cm³/mol. The van der Waals surface area contributed by atoms with Crippen LogP contribution in [0.15, 0.2) is 24.3 Å². The van der Waals surface area contributed by atoms with E-state index in [0.29, 0.717) is 18.6 Å². The van der Waals surface area contributed by atoms with Crippen LogP contribution in [0.25, 0.3) is 0 Å². The first-order valence-corrected chi connectivity index (χ1v) is 7.73. The molecule has 0 bridgehead atoms. The van der Waals surface area contributed by atoms with Gasteiger partial charge in [0.15, 0.2) is 0 Å². The highest BCUT2D eigenvalue weighted by atomic mass is 35.5. The van der Waals surface area contributed by atoms with Gasteiger partial charge in [-0.25, -0.2) is 0 Å². The van der Waals surface area contributed by atoms with Gasteiger partial charge in [0.1, 0.15) is 0 Å². The Bertz CT molecular complexity index is 350. The molecular weight excluding hydrogens is 256 g/mol. The Hall–Kier alpha value is -0.570. The van der Waals surface area contributed by atoms with Gasteiger partial charge in [-0.15, -0.1) is 0 Å². The Balaban J connectivity index is 2.91. The lowest BCUT2D eigenvalue weighted by Crippen LogP contribution is -2.40. The van der Waals surface area contributed by atoms with E-state index in [4.69, 9.17) is 17.3 Å². The summed E-state index contributed by atoms with van der Waals surface area (Å²) in [6.07, 6.45) is 3.58. The average Bonchev–Trinajstić information content (AvgIpc) is 2.44. The van der Waals surface area contributed by atoms with E-state index in [2.05, 4.69) is 37.8 Å². The summed E-state index contributed by atoms with van der Waals surface area (Å²) in [5, 5.41) is 0.781. The zero-order chi connectivity index (χ0) is 14.3. The van der Waals surface area contributed by atoms with Crippen LogP contribution in [0.4, 0.5) is 0 Å². The van der Waals surface area contributed by atoms with Crippen molar-refractivity contribution in [3.8, 4) is 0 Å². The van der Waals surface area contributed by atoms with Crippen LogP contribution in [0.5, 0.6) is 0 Å². The van der Waals surface area contributed by atoms with Gasteiger partial charge < -0.3 is 5.73 Å². The van der Waals surface area contributed by atoms with E-state index in [1.54, 1.807) is 0 Å². The highest BCUT2D eigenvalue weighted by molar-refractivity contribution is 6.30. The van der Waals surface area contributed by atoms with Crippen molar-refractivity contribution in [3.05, 3.63) is 34.9 Å². The number of nitrogens with two attached hydrogens (primary N) is 1. The summed E-state index contributed by atoms with van der Waals surface area (Å²) in [7, 11) is 0. The summed E-state index contributed by atoms with van der Waals surface area (Å²) in [6, 6.07) is 8.94. The fraction of sp³-hybridized carbons (Fsp3) is 0.625. The summed E-state index contributed by atoms with van der Waals surface area (Å²) in [5.41, 5.74) is 7.30. The number of hydrogen-bond donors (Lipinski definition) is 1. The van der Waals surface area contributed by atoms with E-state index in [0.717, 1.165) is 18.0 Å². The molecule has 2 nitrogen and oxygen atoms in total. The first-order chi connectivity index (χ1) is 9.13. The first-order valence-electron chi connectivity index (χ1n) is 7.35. The molecule has 1 rings (SSSR count). The van der Waals surface area contributed by atoms with Gasteiger partial charge in [-0.1, -0.05) is 44.0 Å². The Morgan fingerprint density at radius 1 is 1.21 bits per heavy atom. The fourth-order valence-electron chi connectivity index (χ4n) is 2.41. The third kappa shape index (κ3) is 4.79. The van der Waals surface area contributed by atoms with Crippen LogP contribution < -0.4 is 5.73 Å². The van der Waals surface area contributed by atoms with Gasteiger partial charge in [-0.2, -0.15) is 0 Å². The van der Waals surface area contributed by atoms with Crippen LogP contribution in [0.1, 0.15) is 51.6 Å². The molecule has 2 unspecified atom stereocenters. The van der Waals surface area contributed by atoms with Gasteiger partial charge in [0.25, 0.3) is 0 Å². The van der Waals surface area contributed by atoms with Crippen molar-refractivity contribution >= 4 is 11.6 Å². The van der Waals surface area contributed by atoms with Crippen LogP contribution in [0.3, 0.4) is 0 Å². The largest absolute Gasteiger partial charge is 0.329 e. The molecule has 0 saturated carbocycles. The Kier molecular flexibility index (Phi) is 7.44. The molecule has 0 saturated heterocycles. The molecule has 0 aliphatic heterocycles. The highest BCUT2D eigenvalue weighted by Gasteiger charge is 2.22. The fourth-order valence-corrected chi connectivity index (χ4v) is 2.53. The highest BCUT2D eigenvalue weighted by Crippen LogP contribution is 2.25. The van der Waals surface area contributed by atoms with E-state index >= 15 is 0 Å². The molecule has 0 fully saturated rings. The van der Waals surface area contributed by atoms with Gasteiger partial charge in [-0.05, 0) is 44.0 Å². The minimum Gasteiger partial charge on any atom is -0.329 e. The molecule has 0 radical (unpaired) electrons. The number of nitrogens with zero attached hydrogens (tertiary/aromatic N) is 1. The zero-order valence-corrected chi connectivity index (χ0v) is 13.2. The molecule has 0 heterocycles. The van der Waals surface area contributed by atoms with E-state index in [1.165, 1.54) is 18.4 Å². The molecule has 1 aromatic carbocycles. The monoisotopic (exact) mass is 282 g/mol. The third-order valence-corrected chi connectivity index (χ3v) is 4.06. The maximum Gasteiger partial charge on any atom is 0.0473 e. The zero-order valence-electron chi connectivity index (χ0n) is 12.4. The SMILES string of the molecule is CCCCN(C(C)CC)C(CN)c1ccc(Cl)cc1. The minimum atomic E-state index is 0.291. The molecule has 1 aromatic rings. The van der Waals surface area contributed by atoms with Crippen molar-refractivity contribution in [1.82, 2.24) is 4.90 Å². The molecule has 3 heteroatoms. The second-order valence-electron chi connectivity index (χ2n) is 5.15. The summed E-state index contributed by atoms with van der Waals surface area (Å²) in [5.74, 6) is 0.